The Morgan fingerprint density at radius 1 is 1.20 bits per heavy atom. The van der Waals surface area contributed by atoms with Crippen LogP contribution >= 0.6 is 0 Å². The highest BCUT2D eigenvalue weighted by Crippen LogP contribution is 2.19. The molecule has 25 heavy (non-hydrogen) atoms. The topological polar surface area (TPSA) is 39.7 Å². The average molecular weight is 356 g/mol. The van der Waals surface area contributed by atoms with Crippen LogP contribution in [0, 0.1) is 0 Å². The van der Waals surface area contributed by atoms with E-state index >= 15 is 0 Å². The molecule has 1 heterocycles. The highest BCUT2D eigenvalue weighted by molar-refractivity contribution is 5.79. The van der Waals surface area contributed by atoms with Crippen LogP contribution in [0.4, 0.5) is 13.2 Å². The molecule has 0 spiro atoms. The van der Waals surface area contributed by atoms with E-state index in [1.165, 1.54) is 11.1 Å². The molecule has 0 unspecified atom stereocenters. The highest BCUT2D eigenvalue weighted by atomic mass is 19.4. The maximum absolute atomic E-state index is 12.2. The van der Waals surface area contributed by atoms with Crippen molar-refractivity contribution in [1.82, 2.24) is 15.5 Å². The van der Waals surface area contributed by atoms with E-state index in [-0.39, 0.29) is 6.54 Å². The van der Waals surface area contributed by atoms with Gasteiger partial charge in [0.1, 0.15) is 0 Å². The van der Waals surface area contributed by atoms with Gasteiger partial charge in [0.15, 0.2) is 5.96 Å². The van der Waals surface area contributed by atoms with Crippen molar-refractivity contribution >= 4 is 5.96 Å². The van der Waals surface area contributed by atoms with Crippen LogP contribution in [0.3, 0.4) is 0 Å². The molecule has 0 saturated heterocycles. The van der Waals surface area contributed by atoms with E-state index in [4.69, 9.17) is 0 Å². The molecular weight excluding hydrogens is 329 g/mol. The zero-order chi connectivity index (χ0) is 18.1. The van der Waals surface area contributed by atoms with Crippen molar-refractivity contribution in [2.45, 2.75) is 38.9 Å². The van der Waals surface area contributed by atoms with Gasteiger partial charge in [-0.15, -0.1) is 0 Å². The van der Waals surface area contributed by atoms with Gasteiger partial charge in [-0.25, -0.2) is 0 Å². The predicted molar refractivity (Wildman–Crippen MR) is 94.7 cm³/mol. The van der Waals surface area contributed by atoms with E-state index in [1.54, 1.807) is 0 Å². The number of halogens is 3. The normalized spacial score (nSPS) is 15.8. The van der Waals surface area contributed by atoms with E-state index in [1.807, 2.05) is 6.92 Å². The number of benzene rings is 1. The number of fused-ring (bicyclic) bond motifs is 1. The molecule has 0 fully saturated rings. The van der Waals surface area contributed by atoms with Gasteiger partial charge in [-0.05, 0) is 30.9 Å². The van der Waals surface area contributed by atoms with Crippen LogP contribution in [0.1, 0.15) is 30.9 Å². The molecule has 1 aromatic rings. The second kappa shape index (κ2) is 9.65. The lowest BCUT2D eigenvalue weighted by Crippen LogP contribution is -2.39. The summed E-state index contributed by atoms with van der Waals surface area (Å²) >= 11 is 0. The van der Waals surface area contributed by atoms with Crippen molar-refractivity contribution in [3.63, 3.8) is 0 Å². The molecule has 1 aliphatic rings. The molecule has 0 aliphatic carbocycles. The molecular formula is C18H27F3N4. The molecule has 1 aliphatic heterocycles. The minimum atomic E-state index is -4.14. The Kier molecular flexibility index (Phi) is 7.55. The number of hydrogen-bond acceptors (Lipinski definition) is 2. The Balaban J connectivity index is 1.71. The molecule has 1 aromatic carbocycles. The Labute approximate surface area is 147 Å². The number of alkyl halides is 3. The maximum Gasteiger partial charge on any atom is 0.390 e. The molecule has 2 N–H and O–H groups in total. The molecule has 0 atom stereocenters. The van der Waals surface area contributed by atoms with Crippen LogP contribution in [-0.4, -0.2) is 49.8 Å². The van der Waals surface area contributed by atoms with Crippen LogP contribution in [0.25, 0.3) is 0 Å². The Bertz CT molecular complexity index is 557. The summed E-state index contributed by atoms with van der Waals surface area (Å²) in [5, 5.41) is 5.71. The first-order valence-electron chi connectivity index (χ1n) is 8.86. The fourth-order valence-corrected chi connectivity index (χ4v) is 2.89. The highest BCUT2D eigenvalue weighted by Gasteiger charge is 2.26. The van der Waals surface area contributed by atoms with Crippen molar-refractivity contribution in [2.75, 3.05) is 32.7 Å². The van der Waals surface area contributed by atoms with Gasteiger partial charge in [0.2, 0.25) is 0 Å². The third-order valence-electron chi connectivity index (χ3n) is 4.16. The summed E-state index contributed by atoms with van der Waals surface area (Å²) in [4.78, 5) is 6.77. The van der Waals surface area contributed by atoms with Gasteiger partial charge in [0, 0.05) is 39.3 Å². The molecule has 0 aromatic heterocycles. The fourth-order valence-electron chi connectivity index (χ4n) is 2.89. The average Bonchev–Trinajstić information content (AvgIpc) is 2.57. The van der Waals surface area contributed by atoms with Crippen molar-refractivity contribution in [1.29, 1.82) is 0 Å². The first kappa shape index (κ1) is 19.6. The van der Waals surface area contributed by atoms with Crippen LogP contribution in [0.5, 0.6) is 0 Å². The van der Waals surface area contributed by atoms with Crippen molar-refractivity contribution in [2.24, 2.45) is 4.99 Å². The van der Waals surface area contributed by atoms with Crippen LogP contribution in [0.2, 0.25) is 0 Å². The monoisotopic (exact) mass is 356 g/mol. The van der Waals surface area contributed by atoms with Crippen LogP contribution < -0.4 is 10.6 Å². The third-order valence-corrected chi connectivity index (χ3v) is 4.16. The van der Waals surface area contributed by atoms with E-state index in [2.05, 4.69) is 44.8 Å². The van der Waals surface area contributed by atoms with Gasteiger partial charge in [-0.1, -0.05) is 24.3 Å². The number of guanidine groups is 1. The lowest BCUT2D eigenvalue weighted by Gasteiger charge is -2.28. The molecule has 0 bridgehead atoms. The van der Waals surface area contributed by atoms with E-state index in [0.717, 1.165) is 32.5 Å². The lowest BCUT2D eigenvalue weighted by atomic mass is 10.00. The predicted octanol–water partition coefficient (Wildman–Crippen LogP) is 2.94. The smallest absolute Gasteiger partial charge is 0.357 e. The summed E-state index contributed by atoms with van der Waals surface area (Å²) in [6, 6.07) is 8.51. The van der Waals surface area contributed by atoms with Crippen molar-refractivity contribution < 1.29 is 13.2 Å². The first-order chi connectivity index (χ1) is 12.0. The minimum absolute atomic E-state index is 0.155. The Hall–Kier alpha value is -1.76. The summed E-state index contributed by atoms with van der Waals surface area (Å²) in [6.45, 7) is 5.92. The molecule has 2 rings (SSSR count). The SMILES string of the molecule is CCNC(=NCCCN1CCc2ccccc2C1)NCCC(F)(F)F. The zero-order valence-corrected chi connectivity index (χ0v) is 14.7. The fraction of sp³-hybridized carbons (Fsp3) is 0.611. The van der Waals surface area contributed by atoms with Crippen molar-refractivity contribution in [3.8, 4) is 0 Å². The summed E-state index contributed by atoms with van der Waals surface area (Å²) in [6.07, 6.45) is -3.04. The summed E-state index contributed by atoms with van der Waals surface area (Å²) in [7, 11) is 0. The molecule has 0 radical (unpaired) electrons. The summed E-state index contributed by atoms with van der Waals surface area (Å²) < 4.78 is 36.6. The third kappa shape index (κ3) is 7.34. The molecule has 4 nitrogen and oxygen atoms in total. The molecule has 0 amide bonds. The van der Waals surface area contributed by atoms with Crippen molar-refractivity contribution in [3.05, 3.63) is 35.4 Å². The number of nitrogens with zero attached hydrogens (tertiary/aromatic N) is 2. The van der Waals surface area contributed by atoms with Gasteiger partial charge < -0.3 is 10.6 Å². The molecule has 7 heteroatoms. The summed E-state index contributed by atoms with van der Waals surface area (Å²) in [5.74, 6) is 0.454. The second-order valence-corrected chi connectivity index (χ2v) is 6.20. The van der Waals surface area contributed by atoms with Gasteiger partial charge in [0.05, 0.1) is 6.42 Å². The zero-order valence-electron chi connectivity index (χ0n) is 14.7. The first-order valence-corrected chi connectivity index (χ1v) is 8.86. The number of aliphatic imine (C=N–C) groups is 1. The minimum Gasteiger partial charge on any atom is -0.357 e. The quantitative estimate of drug-likeness (QED) is 0.448. The van der Waals surface area contributed by atoms with Gasteiger partial charge in [-0.3, -0.25) is 9.89 Å². The summed E-state index contributed by atoms with van der Waals surface area (Å²) in [5.41, 5.74) is 2.82. The second-order valence-electron chi connectivity index (χ2n) is 6.20. The van der Waals surface area contributed by atoms with E-state index in [0.29, 0.717) is 19.0 Å². The van der Waals surface area contributed by atoms with E-state index in [9.17, 15) is 13.2 Å². The standard InChI is InChI=1S/C18H27F3N4/c1-2-22-17(24-11-9-18(19,20)21)23-10-5-12-25-13-8-15-6-3-4-7-16(15)14-25/h3-4,6-7H,2,5,8-14H2,1H3,(H2,22,23,24). The van der Waals surface area contributed by atoms with Gasteiger partial charge >= 0.3 is 6.18 Å². The number of nitrogens with one attached hydrogen (secondary N) is 2. The van der Waals surface area contributed by atoms with E-state index < -0.39 is 12.6 Å². The number of rotatable bonds is 7. The van der Waals surface area contributed by atoms with Crippen LogP contribution in [0.15, 0.2) is 29.3 Å². The Morgan fingerprint density at radius 3 is 2.68 bits per heavy atom. The van der Waals surface area contributed by atoms with Gasteiger partial charge in [0.25, 0.3) is 0 Å². The maximum atomic E-state index is 12.2. The Morgan fingerprint density at radius 2 is 1.96 bits per heavy atom. The number of hydrogen-bond donors (Lipinski definition) is 2. The largest absolute Gasteiger partial charge is 0.390 e. The molecule has 0 saturated carbocycles. The lowest BCUT2D eigenvalue weighted by molar-refractivity contribution is -0.132. The van der Waals surface area contributed by atoms with Crippen LogP contribution in [-0.2, 0) is 13.0 Å². The molecule has 140 valence electrons. The van der Waals surface area contributed by atoms with Gasteiger partial charge in [-0.2, -0.15) is 13.2 Å².